The molecular formula is C15H18Cl2N2O3. The Hall–Kier alpha value is -1.01. The van der Waals surface area contributed by atoms with E-state index < -0.39 is 5.79 Å². The van der Waals surface area contributed by atoms with Gasteiger partial charge in [-0.15, -0.1) is 0 Å². The molecule has 0 radical (unpaired) electrons. The molecule has 2 fully saturated rings. The molecule has 1 N–H and O–H groups in total. The summed E-state index contributed by atoms with van der Waals surface area (Å²) in [6.45, 7) is 6.25. The van der Waals surface area contributed by atoms with Gasteiger partial charge in [0.1, 0.15) is 0 Å². The summed E-state index contributed by atoms with van der Waals surface area (Å²) in [5.74, 6) is -0.534. The van der Waals surface area contributed by atoms with Gasteiger partial charge in [-0.3, -0.25) is 0 Å². The SMILES string of the molecule is CC1(C)OCC2(CO1)CN(C(=O)Nc1ccc(Cl)c(Cl)c1)C2. The van der Waals surface area contributed by atoms with Gasteiger partial charge in [-0.25, -0.2) is 4.79 Å². The Kier molecular flexibility index (Phi) is 4.01. The van der Waals surface area contributed by atoms with E-state index in [9.17, 15) is 4.79 Å². The van der Waals surface area contributed by atoms with Crippen molar-refractivity contribution in [1.82, 2.24) is 4.90 Å². The zero-order chi connectivity index (χ0) is 16.0. The normalized spacial score (nSPS) is 22.3. The predicted octanol–water partition coefficient (Wildman–Crippen LogP) is 3.61. The Balaban J connectivity index is 1.54. The second-order valence-electron chi connectivity index (χ2n) is 6.39. The third-order valence-electron chi connectivity index (χ3n) is 3.96. The molecule has 5 nitrogen and oxygen atoms in total. The summed E-state index contributed by atoms with van der Waals surface area (Å²) in [6, 6.07) is 4.85. The van der Waals surface area contributed by atoms with Crippen LogP contribution in [0, 0.1) is 5.41 Å². The maximum absolute atomic E-state index is 12.2. The number of rotatable bonds is 1. The first kappa shape index (κ1) is 15.9. The van der Waals surface area contributed by atoms with Crippen LogP contribution in [0.1, 0.15) is 13.8 Å². The monoisotopic (exact) mass is 344 g/mol. The van der Waals surface area contributed by atoms with Crippen LogP contribution in [0.4, 0.5) is 10.5 Å². The van der Waals surface area contributed by atoms with Gasteiger partial charge in [-0.05, 0) is 32.0 Å². The minimum Gasteiger partial charge on any atom is -0.350 e. The van der Waals surface area contributed by atoms with Crippen LogP contribution in [-0.4, -0.2) is 43.0 Å². The summed E-state index contributed by atoms with van der Waals surface area (Å²) in [5.41, 5.74) is 0.544. The lowest BCUT2D eigenvalue weighted by Crippen LogP contribution is -2.66. The molecule has 2 saturated heterocycles. The zero-order valence-corrected chi connectivity index (χ0v) is 14.0. The first-order chi connectivity index (χ1) is 10.3. The summed E-state index contributed by atoms with van der Waals surface area (Å²) in [5, 5.41) is 3.69. The van der Waals surface area contributed by atoms with Crippen LogP contribution in [0.25, 0.3) is 0 Å². The number of hydrogen-bond donors (Lipinski definition) is 1. The first-order valence-corrected chi connectivity index (χ1v) is 7.83. The summed E-state index contributed by atoms with van der Waals surface area (Å²) in [4.78, 5) is 13.9. The second-order valence-corrected chi connectivity index (χ2v) is 7.21. The molecule has 2 amide bonds. The van der Waals surface area contributed by atoms with Crippen LogP contribution in [0.15, 0.2) is 18.2 Å². The van der Waals surface area contributed by atoms with E-state index in [0.717, 1.165) is 0 Å². The molecule has 1 aromatic rings. The van der Waals surface area contributed by atoms with Crippen molar-refractivity contribution in [1.29, 1.82) is 0 Å². The Labute approximate surface area is 139 Å². The molecule has 1 spiro atoms. The third-order valence-corrected chi connectivity index (χ3v) is 4.70. The van der Waals surface area contributed by atoms with Crippen LogP contribution >= 0.6 is 23.2 Å². The minimum atomic E-state index is -0.534. The summed E-state index contributed by atoms with van der Waals surface area (Å²) < 4.78 is 11.4. The average Bonchev–Trinajstić information content (AvgIpc) is 2.41. The molecule has 0 unspecified atom stereocenters. The fraction of sp³-hybridized carbons (Fsp3) is 0.533. The lowest BCUT2D eigenvalue weighted by molar-refractivity contribution is -0.301. The molecule has 7 heteroatoms. The Morgan fingerprint density at radius 3 is 2.41 bits per heavy atom. The molecule has 0 atom stereocenters. The standard InChI is InChI=1S/C15H18Cl2N2O3/c1-14(2)21-8-15(9-22-14)6-19(7-15)13(20)18-10-3-4-11(16)12(17)5-10/h3-5H,6-9H2,1-2H3,(H,18,20). The van der Waals surface area contributed by atoms with Gasteiger partial charge < -0.3 is 19.7 Å². The van der Waals surface area contributed by atoms with Crippen molar-refractivity contribution < 1.29 is 14.3 Å². The Morgan fingerprint density at radius 2 is 1.82 bits per heavy atom. The number of hydrogen-bond acceptors (Lipinski definition) is 3. The maximum atomic E-state index is 12.2. The maximum Gasteiger partial charge on any atom is 0.321 e. The molecule has 3 rings (SSSR count). The highest BCUT2D eigenvalue weighted by Gasteiger charge is 2.50. The van der Waals surface area contributed by atoms with Crippen molar-refractivity contribution in [3.05, 3.63) is 28.2 Å². The molecule has 0 aliphatic carbocycles. The number of anilines is 1. The van der Waals surface area contributed by atoms with Crippen LogP contribution < -0.4 is 5.32 Å². The van der Waals surface area contributed by atoms with Gasteiger partial charge >= 0.3 is 6.03 Å². The number of halogens is 2. The number of amides is 2. The highest BCUT2D eigenvalue weighted by molar-refractivity contribution is 6.42. The van der Waals surface area contributed by atoms with Crippen LogP contribution in [-0.2, 0) is 9.47 Å². The number of carbonyl (C=O) groups is 1. The van der Waals surface area contributed by atoms with E-state index >= 15 is 0 Å². The third kappa shape index (κ3) is 3.18. The van der Waals surface area contributed by atoms with Crippen LogP contribution in [0.3, 0.4) is 0 Å². The fourth-order valence-corrected chi connectivity index (χ4v) is 2.90. The molecule has 0 aromatic heterocycles. The molecule has 1 aromatic carbocycles. The number of nitrogens with one attached hydrogen (secondary N) is 1. The number of nitrogens with zero attached hydrogens (tertiary/aromatic N) is 1. The topological polar surface area (TPSA) is 50.8 Å². The predicted molar refractivity (Wildman–Crippen MR) is 85.5 cm³/mol. The lowest BCUT2D eigenvalue weighted by atomic mass is 9.81. The average molecular weight is 345 g/mol. The number of ether oxygens (including phenoxy) is 2. The molecule has 2 aliphatic heterocycles. The van der Waals surface area contributed by atoms with Crippen molar-refractivity contribution in [3.63, 3.8) is 0 Å². The van der Waals surface area contributed by atoms with Crippen LogP contribution in [0.2, 0.25) is 10.0 Å². The quantitative estimate of drug-likeness (QED) is 0.846. The zero-order valence-electron chi connectivity index (χ0n) is 12.5. The van der Waals surface area contributed by atoms with E-state index in [-0.39, 0.29) is 11.4 Å². The summed E-state index contributed by atoms with van der Waals surface area (Å²) in [6.07, 6.45) is 0. The van der Waals surface area contributed by atoms with Crippen LogP contribution in [0.5, 0.6) is 0 Å². The molecule has 2 aliphatic rings. The van der Waals surface area contributed by atoms with Crippen molar-refractivity contribution in [2.24, 2.45) is 5.41 Å². The highest BCUT2D eigenvalue weighted by Crippen LogP contribution is 2.37. The van der Waals surface area contributed by atoms with Gasteiger partial charge in [0.2, 0.25) is 0 Å². The number of likely N-dealkylation sites (tertiary alicyclic amines) is 1. The Bertz CT molecular complexity index is 588. The second kappa shape index (κ2) is 5.57. The number of benzene rings is 1. The largest absolute Gasteiger partial charge is 0.350 e. The molecule has 2 heterocycles. The minimum absolute atomic E-state index is 0.0789. The van der Waals surface area contributed by atoms with E-state index in [1.165, 1.54) is 0 Å². The van der Waals surface area contributed by atoms with Gasteiger partial charge in [0.25, 0.3) is 0 Å². The van der Waals surface area contributed by atoms with Crippen molar-refractivity contribution in [2.75, 3.05) is 31.6 Å². The number of urea groups is 1. The Morgan fingerprint density at radius 1 is 1.18 bits per heavy atom. The molecule has 120 valence electrons. The fourth-order valence-electron chi connectivity index (χ4n) is 2.60. The van der Waals surface area contributed by atoms with Gasteiger partial charge in [0.15, 0.2) is 5.79 Å². The van der Waals surface area contributed by atoms with E-state index in [1.807, 2.05) is 13.8 Å². The van der Waals surface area contributed by atoms with E-state index in [1.54, 1.807) is 23.1 Å². The molecule has 0 bridgehead atoms. The van der Waals surface area contributed by atoms with Gasteiger partial charge in [-0.2, -0.15) is 0 Å². The summed E-state index contributed by atoms with van der Waals surface area (Å²) in [7, 11) is 0. The van der Waals surface area contributed by atoms with Crippen molar-refractivity contribution in [3.8, 4) is 0 Å². The molecule has 0 saturated carbocycles. The van der Waals surface area contributed by atoms with Crippen molar-refractivity contribution >= 4 is 34.9 Å². The van der Waals surface area contributed by atoms with E-state index in [0.29, 0.717) is 42.0 Å². The van der Waals surface area contributed by atoms with Crippen molar-refractivity contribution in [2.45, 2.75) is 19.6 Å². The summed E-state index contributed by atoms with van der Waals surface area (Å²) >= 11 is 11.8. The first-order valence-electron chi connectivity index (χ1n) is 7.08. The molecule has 22 heavy (non-hydrogen) atoms. The smallest absolute Gasteiger partial charge is 0.321 e. The van der Waals surface area contributed by atoms with Gasteiger partial charge in [-0.1, -0.05) is 23.2 Å². The molecular weight excluding hydrogens is 327 g/mol. The van der Waals surface area contributed by atoms with Gasteiger partial charge in [0.05, 0.1) is 28.7 Å². The number of carbonyl (C=O) groups excluding carboxylic acids is 1. The van der Waals surface area contributed by atoms with E-state index in [2.05, 4.69) is 5.32 Å². The highest BCUT2D eigenvalue weighted by atomic mass is 35.5. The lowest BCUT2D eigenvalue weighted by Gasteiger charge is -2.53. The van der Waals surface area contributed by atoms with Gasteiger partial charge in [0, 0.05) is 18.8 Å². The van der Waals surface area contributed by atoms with E-state index in [4.69, 9.17) is 32.7 Å².